The summed E-state index contributed by atoms with van der Waals surface area (Å²) in [7, 11) is 0. The van der Waals surface area contributed by atoms with Gasteiger partial charge in [0.15, 0.2) is 0 Å². The second-order valence-corrected chi connectivity index (χ2v) is 6.21. The van der Waals surface area contributed by atoms with Gasteiger partial charge >= 0.3 is 5.97 Å². The molecule has 2 aliphatic rings. The zero-order valence-corrected chi connectivity index (χ0v) is 10.7. The van der Waals surface area contributed by atoms with Crippen LogP contribution in [0.5, 0.6) is 0 Å². The van der Waals surface area contributed by atoms with Crippen LogP contribution >= 0.6 is 23.2 Å². The molecule has 2 aliphatic carbocycles. The van der Waals surface area contributed by atoms with E-state index in [0.717, 1.165) is 25.7 Å². The maximum absolute atomic E-state index is 11.6. The van der Waals surface area contributed by atoms with Gasteiger partial charge in [0.05, 0.1) is 5.41 Å². The Bertz CT molecular complexity index is 498. The van der Waals surface area contributed by atoms with Gasteiger partial charge in [-0.1, -0.05) is 29.3 Å². The predicted octanol–water partition coefficient (Wildman–Crippen LogP) is 3.89. The van der Waals surface area contributed by atoms with Crippen LogP contribution in [0.2, 0.25) is 10.0 Å². The molecule has 0 radical (unpaired) electrons. The summed E-state index contributed by atoms with van der Waals surface area (Å²) in [6.07, 6.45) is 3.76. The number of hydrogen-bond donors (Lipinski definition) is 1. The van der Waals surface area contributed by atoms with Crippen molar-refractivity contribution >= 4 is 29.2 Å². The fourth-order valence-corrected chi connectivity index (χ4v) is 3.68. The quantitative estimate of drug-likeness (QED) is 0.886. The summed E-state index contributed by atoms with van der Waals surface area (Å²) >= 11 is 12.0. The molecule has 0 heterocycles. The minimum Gasteiger partial charge on any atom is -0.481 e. The lowest BCUT2D eigenvalue weighted by atomic mass is 9.56. The number of hydrogen-bond acceptors (Lipinski definition) is 1. The molecule has 1 aromatic rings. The van der Waals surface area contributed by atoms with Crippen LogP contribution in [0.3, 0.4) is 0 Å². The van der Waals surface area contributed by atoms with E-state index in [1.165, 1.54) is 0 Å². The Labute approximate surface area is 110 Å². The molecular formula is C13H12Cl2O2. The Morgan fingerprint density at radius 3 is 2.35 bits per heavy atom. The molecule has 0 aromatic heterocycles. The second kappa shape index (κ2) is 3.39. The van der Waals surface area contributed by atoms with Crippen molar-refractivity contribution in [2.24, 2.45) is 5.41 Å². The van der Waals surface area contributed by atoms with E-state index in [0.29, 0.717) is 21.0 Å². The Balaban J connectivity index is 2.02. The van der Waals surface area contributed by atoms with Crippen LogP contribution < -0.4 is 0 Å². The monoisotopic (exact) mass is 270 g/mol. The first-order chi connectivity index (χ1) is 7.97. The largest absolute Gasteiger partial charge is 0.481 e. The fourth-order valence-electron chi connectivity index (χ4n) is 3.09. The van der Waals surface area contributed by atoms with Gasteiger partial charge in [-0.05, 0) is 48.8 Å². The molecule has 1 aromatic carbocycles. The minimum atomic E-state index is -0.780. The molecule has 2 saturated carbocycles. The number of halogens is 2. The summed E-state index contributed by atoms with van der Waals surface area (Å²) in [5, 5.41) is 10.5. The van der Waals surface area contributed by atoms with Crippen molar-refractivity contribution in [2.75, 3.05) is 0 Å². The number of carboxylic acid groups (broad SMARTS) is 1. The third-order valence-corrected chi connectivity index (χ3v) is 4.71. The second-order valence-electron chi connectivity index (χ2n) is 5.36. The average molecular weight is 271 g/mol. The molecule has 2 fully saturated rings. The van der Waals surface area contributed by atoms with Gasteiger partial charge in [-0.15, -0.1) is 0 Å². The van der Waals surface area contributed by atoms with Crippen molar-refractivity contribution in [2.45, 2.75) is 31.1 Å². The number of carbonyl (C=O) groups is 1. The summed E-state index contributed by atoms with van der Waals surface area (Å²) < 4.78 is 0. The van der Waals surface area contributed by atoms with E-state index < -0.39 is 11.4 Å². The summed E-state index contributed by atoms with van der Waals surface area (Å²) in [5.74, 6) is -0.765. The summed E-state index contributed by atoms with van der Waals surface area (Å²) in [6.45, 7) is 0. The number of benzene rings is 1. The molecule has 0 saturated heterocycles. The predicted molar refractivity (Wildman–Crippen MR) is 66.7 cm³/mol. The smallest absolute Gasteiger partial charge is 0.314 e. The topological polar surface area (TPSA) is 37.3 Å². The van der Waals surface area contributed by atoms with E-state index in [9.17, 15) is 9.90 Å². The highest BCUT2D eigenvalue weighted by Gasteiger charge is 2.65. The highest BCUT2D eigenvalue weighted by molar-refractivity contribution is 6.35. The maximum atomic E-state index is 11.6. The van der Waals surface area contributed by atoms with Gasteiger partial charge in [0.25, 0.3) is 0 Å². The standard InChI is InChI=1S/C13H12Cl2O2/c14-8-1-2-9(10(15)5-8)13(11(16)17)6-12(7-13)3-4-12/h1-2,5H,3-4,6-7H2,(H,16,17). The van der Waals surface area contributed by atoms with Gasteiger partial charge in [-0.25, -0.2) is 0 Å². The molecule has 1 N–H and O–H groups in total. The van der Waals surface area contributed by atoms with E-state index >= 15 is 0 Å². The van der Waals surface area contributed by atoms with Crippen LogP contribution in [0, 0.1) is 5.41 Å². The van der Waals surface area contributed by atoms with Crippen LogP contribution in [0.1, 0.15) is 31.2 Å². The summed E-state index contributed by atoms with van der Waals surface area (Å²) in [5.41, 5.74) is 0.244. The molecule has 90 valence electrons. The minimum absolute atomic E-state index is 0.307. The average Bonchev–Trinajstić information content (AvgIpc) is 2.94. The van der Waals surface area contributed by atoms with Crippen molar-refractivity contribution in [3.05, 3.63) is 33.8 Å². The molecule has 3 rings (SSSR count). The van der Waals surface area contributed by atoms with Crippen LogP contribution in [-0.2, 0) is 10.2 Å². The van der Waals surface area contributed by atoms with Crippen molar-refractivity contribution in [3.63, 3.8) is 0 Å². The molecule has 0 amide bonds. The molecule has 0 bridgehead atoms. The van der Waals surface area contributed by atoms with Crippen LogP contribution in [0.25, 0.3) is 0 Å². The van der Waals surface area contributed by atoms with Gasteiger partial charge in [0.1, 0.15) is 0 Å². The molecule has 2 nitrogen and oxygen atoms in total. The molecular weight excluding hydrogens is 259 g/mol. The zero-order chi connectivity index (χ0) is 12.3. The molecule has 1 spiro atoms. The van der Waals surface area contributed by atoms with E-state index in [1.54, 1.807) is 18.2 Å². The van der Waals surface area contributed by atoms with Crippen molar-refractivity contribution in [1.82, 2.24) is 0 Å². The maximum Gasteiger partial charge on any atom is 0.314 e. The summed E-state index contributed by atoms with van der Waals surface area (Å²) in [4.78, 5) is 11.6. The van der Waals surface area contributed by atoms with E-state index in [2.05, 4.69) is 0 Å². The number of carboxylic acids is 1. The molecule has 17 heavy (non-hydrogen) atoms. The van der Waals surface area contributed by atoms with Gasteiger partial charge in [0.2, 0.25) is 0 Å². The molecule has 0 unspecified atom stereocenters. The van der Waals surface area contributed by atoms with Gasteiger partial charge in [0, 0.05) is 10.0 Å². The van der Waals surface area contributed by atoms with Crippen LogP contribution in [0.15, 0.2) is 18.2 Å². The van der Waals surface area contributed by atoms with Crippen LogP contribution in [0.4, 0.5) is 0 Å². The SMILES string of the molecule is O=C(O)C1(c2ccc(Cl)cc2Cl)CC2(CC2)C1. The lowest BCUT2D eigenvalue weighted by Crippen LogP contribution is -2.49. The van der Waals surface area contributed by atoms with E-state index in [-0.39, 0.29) is 0 Å². The zero-order valence-electron chi connectivity index (χ0n) is 9.17. The number of aliphatic carboxylic acids is 1. The fraction of sp³-hybridized carbons (Fsp3) is 0.462. The van der Waals surface area contributed by atoms with Gasteiger partial charge in [-0.2, -0.15) is 0 Å². The van der Waals surface area contributed by atoms with E-state index in [1.807, 2.05) is 0 Å². The highest BCUT2D eigenvalue weighted by Crippen LogP contribution is 2.69. The Morgan fingerprint density at radius 2 is 1.88 bits per heavy atom. The number of rotatable bonds is 2. The molecule has 0 aliphatic heterocycles. The van der Waals surface area contributed by atoms with E-state index in [4.69, 9.17) is 23.2 Å². The Kier molecular flexibility index (Phi) is 2.27. The molecule has 4 heteroatoms. The third-order valence-electron chi connectivity index (χ3n) is 4.17. The first-order valence-electron chi connectivity index (χ1n) is 5.67. The van der Waals surface area contributed by atoms with Crippen molar-refractivity contribution < 1.29 is 9.90 Å². The lowest BCUT2D eigenvalue weighted by Gasteiger charge is -2.46. The highest BCUT2D eigenvalue weighted by atomic mass is 35.5. The normalized spacial score (nSPS) is 23.2. The molecule has 0 atom stereocenters. The van der Waals surface area contributed by atoms with Gasteiger partial charge < -0.3 is 5.11 Å². The van der Waals surface area contributed by atoms with Gasteiger partial charge in [-0.3, -0.25) is 4.79 Å². The first kappa shape index (κ1) is 11.4. The first-order valence-corrected chi connectivity index (χ1v) is 6.42. The summed E-state index contributed by atoms with van der Waals surface area (Å²) in [6, 6.07) is 5.10. The third kappa shape index (κ3) is 1.58. The lowest BCUT2D eigenvalue weighted by molar-refractivity contribution is -0.150. The van der Waals surface area contributed by atoms with Crippen LogP contribution in [-0.4, -0.2) is 11.1 Å². The Morgan fingerprint density at radius 1 is 1.24 bits per heavy atom. The van der Waals surface area contributed by atoms with Crippen molar-refractivity contribution in [1.29, 1.82) is 0 Å². The Hall–Kier alpha value is -0.730. The van der Waals surface area contributed by atoms with Crippen molar-refractivity contribution in [3.8, 4) is 0 Å².